The van der Waals surface area contributed by atoms with Gasteiger partial charge in [0.15, 0.2) is 11.5 Å². The van der Waals surface area contributed by atoms with Crippen LogP contribution in [0.1, 0.15) is 23.2 Å². The van der Waals surface area contributed by atoms with E-state index in [-0.39, 0.29) is 22.2 Å². The molecule has 2 rings (SSSR count). The van der Waals surface area contributed by atoms with Crippen molar-refractivity contribution in [2.24, 2.45) is 0 Å². The zero-order valence-corrected chi connectivity index (χ0v) is 11.3. The molecular weight excluding hydrogens is 268 g/mol. The maximum absolute atomic E-state index is 11.9. The number of aromatic hydroxyl groups is 2. The van der Waals surface area contributed by atoms with Gasteiger partial charge in [0, 0.05) is 13.1 Å². The molecule has 0 atom stereocenters. The summed E-state index contributed by atoms with van der Waals surface area (Å²) in [6, 6.07) is 2.64. The van der Waals surface area contributed by atoms with Crippen LogP contribution in [0.25, 0.3) is 0 Å². The van der Waals surface area contributed by atoms with E-state index in [1.165, 1.54) is 25.0 Å². The summed E-state index contributed by atoms with van der Waals surface area (Å²) in [5.41, 5.74) is 0.165. The minimum Gasteiger partial charge on any atom is -0.504 e. The van der Waals surface area contributed by atoms with Crippen LogP contribution in [0.3, 0.4) is 0 Å². The minimum atomic E-state index is -0.464. The Morgan fingerprint density at radius 1 is 1.32 bits per heavy atom. The number of nitrogens with zero attached hydrogens (tertiary/aromatic N) is 1. The maximum Gasteiger partial charge on any atom is 0.252 e. The molecule has 1 aliphatic heterocycles. The summed E-state index contributed by atoms with van der Waals surface area (Å²) in [6.07, 6.45) is 2.43. The number of hydrogen-bond donors (Lipinski definition) is 3. The smallest absolute Gasteiger partial charge is 0.252 e. The lowest BCUT2D eigenvalue weighted by atomic mass is 10.2. The molecule has 3 N–H and O–H groups in total. The number of nitrogens with one attached hydrogen (secondary N) is 1. The largest absolute Gasteiger partial charge is 0.504 e. The Bertz CT molecular complexity index is 473. The molecule has 0 aromatic heterocycles. The van der Waals surface area contributed by atoms with Crippen LogP contribution in [0.15, 0.2) is 12.1 Å². The van der Waals surface area contributed by atoms with Crippen LogP contribution in [0.4, 0.5) is 0 Å². The SMILES string of the molecule is O=C(NCCN1CCCC1)c1ccc(O)c(O)c1Cl. The van der Waals surface area contributed by atoms with E-state index in [9.17, 15) is 15.0 Å². The molecule has 1 aromatic rings. The Balaban J connectivity index is 1.90. The van der Waals surface area contributed by atoms with Gasteiger partial charge in [0.25, 0.3) is 5.91 Å². The maximum atomic E-state index is 11.9. The first-order valence-corrected chi connectivity index (χ1v) is 6.68. The van der Waals surface area contributed by atoms with Crippen molar-refractivity contribution < 1.29 is 15.0 Å². The first-order chi connectivity index (χ1) is 9.09. The highest BCUT2D eigenvalue weighted by molar-refractivity contribution is 6.35. The first-order valence-electron chi connectivity index (χ1n) is 6.30. The Morgan fingerprint density at radius 2 is 2.00 bits per heavy atom. The number of phenols is 2. The van der Waals surface area contributed by atoms with Crippen molar-refractivity contribution in [3.05, 3.63) is 22.7 Å². The van der Waals surface area contributed by atoms with Crippen LogP contribution in [0, 0.1) is 0 Å². The number of carbonyl (C=O) groups excluding carboxylic acids is 1. The van der Waals surface area contributed by atoms with Crippen molar-refractivity contribution in [2.45, 2.75) is 12.8 Å². The van der Waals surface area contributed by atoms with E-state index in [0.717, 1.165) is 19.6 Å². The highest BCUT2D eigenvalue weighted by atomic mass is 35.5. The molecule has 104 valence electrons. The van der Waals surface area contributed by atoms with Crippen molar-refractivity contribution in [1.29, 1.82) is 0 Å². The second-order valence-electron chi connectivity index (χ2n) is 4.60. The van der Waals surface area contributed by atoms with Gasteiger partial charge in [-0.1, -0.05) is 11.6 Å². The molecule has 1 aromatic carbocycles. The third-order valence-corrected chi connectivity index (χ3v) is 3.63. The number of phenolic OH excluding ortho intramolecular Hbond substituents is 2. The van der Waals surface area contributed by atoms with Gasteiger partial charge in [-0.25, -0.2) is 0 Å². The number of hydrogen-bond acceptors (Lipinski definition) is 4. The van der Waals surface area contributed by atoms with E-state index in [4.69, 9.17) is 11.6 Å². The third kappa shape index (κ3) is 3.30. The Kier molecular flexibility index (Phi) is 4.50. The number of benzene rings is 1. The summed E-state index contributed by atoms with van der Waals surface area (Å²) in [7, 11) is 0. The molecule has 0 aliphatic carbocycles. The van der Waals surface area contributed by atoms with Gasteiger partial charge in [-0.15, -0.1) is 0 Å². The summed E-state index contributed by atoms with van der Waals surface area (Å²) in [4.78, 5) is 14.2. The predicted molar refractivity (Wildman–Crippen MR) is 72.8 cm³/mol. The zero-order chi connectivity index (χ0) is 13.8. The Hall–Kier alpha value is -1.46. The highest BCUT2D eigenvalue weighted by Crippen LogP contribution is 2.35. The second-order valence-corrected chi connectivity index (χ2v) is 4.98. The van der Waals surface area contributed by atoms with E-state index < -0.39 is 5.75 Å². The lowest BCUT2D eigenvalue weighted by Gasteiger charge is -2.15. The molecule has 5 nitrogen and oxygen atoms in total. The summed E-state index contributed by atoms with van der Waals surface area (Å²) in [5.74, 6) is -1.15. The van der Waals surface area contributed by atoms with Gasteiger partial charge in [-0.3, -0.25) is 4.79 Å². The van der Waals surface area contributed by atoms with Crippen molar-refractivity contribution in [3.63, 3.8) is 0 Å². The number of rotatable bonds is 4. The molecule has 0 unspecified atom stereocenters. The highest BCUT2D eigenvalue weighted by Gasteiger charge is 2.16. The van der Waals surface area contributed by atoms with E-state index >= 15 is 0 Å². The van der Waals surface area contributed by atoms with Gasteiger partial charge in [0.2, 0.25) is 0 Å². The molecule has 1 aliphatic rings. The van der Waals surface area contributed by atoms with Crippen LogP contribution < -0.4 is 5.32 Å². The fourth-order valence-electron chi connectivity index (χ4n) is 2.16. The van der Waals surface area contributed by atoms with Gasteiger partial charge < -0.3 is 20.4 Å². The summed E-state index contributed by atoms with van der Waals surface area (Å²) >= 11 is 5.82. The molecule has 0 saturated carbocycles. The Morgan fingerprint density at radius 3 is 2.68 bits per heavy atom. The lowest BCUT2D eigenvalue weighted by Crippen LogP contribution is -2.33. The molecule has 6 heteroatoms. The summed E-state index contributed by atoms with van der Waals surface area (Å²) < 4.78 is 0. The average Bonchev–Trinajstić information content (AvgIpc) is 2.89. The third-order valence-electron chi connectivity index (χ3n) is 3.25. The number of amides is 1. The summed E-state index contributed by atoms with van der Waals surface area (Å²) in [6.45, 7) is 3.51. The van der Waals surface area contributed by atoms with E-state index in [0.29, 0.717) is 6.54 Å². The molecular formula is C13H17ClN2O3. The summed E-state index contributed by atoms with van der Waals surface area (Å²) in [5, 5.41) is 21.3. The number of carbonyl (C=O) groups is 1. The number of halogens is 1. The molecule has 19 heavy (non-hydrogen) atoms. The molecule has 1 fully saturated rings. The van der Waals surface area contributed by atoms with Crippen LogP contribution in [-0.2, 0) is 0 Å². The van der Waals surface area contributed by atoms with Crippen LogP contribution in [-0.4, -0.2) is 47.2 Å². The quantitative estimate of drug-likeness (QED) is 0.734. The van der Waals surface area contributed by atoms with Crippen LogP contribution in [0.5, 0.6) is 11.5 Å². The van der Waals surface area contributed by atoms with Crippen LogP contribution in [0.2, 0.25) is 5.02 Å². The molecule has 1 heterocycles. The second kappa shape index (κ2) is 6.12. The van der Waals surface area contributed by atoms with Gasteiger partial charge in [0.1, 0.15) is 0 Å². The van der Waals surface area contributed by atoms with Crippen molar-refractivity contribution in [3.8, 4) is 11.5 Å². The normalized spacial score (nSPS) is 15.6. The minimum absolute atomic E-state index is 0.126. The van der Waals surface area contributed by atoms with Crippen molar-refractivity contribution in [2.75, 3.05) is 26.2 Å². The van der Waals surface area contributed by atoms with E-state index in [2.05, 4.69) is 10.2 Å². The van der Waals surface area contributed by atoms with E-state index in [1.54, 1.807) is 0 Å². The Labute approximate surface area is 116 Å². The van der Waals surface area contributed by atoms with Gasteiger partial charge in [-0.05, 0) is 38.1 Å². The molecule has 1 amide bonds. The van der Waals surface area contributed by atoms with Gasteiger partial charge in [0.05, 0.1) is 10.6 Å². The average molecular weight is 285 g/mol. The number of likely N-dealkylation sites (tertiary alicyclic amines) is 1. The molecule has 0 spiro atoms. The topological polar surface area (TPSA) is 72.8 Å². The molecule has 1 saturated heterocycles. The lowest BCUT2D eigenvalue weighted by molar-refractivity contribution is 0.0949. The monoisotopic (exact) mass is 284 g/mol. The predicted octanol–water partition coefficient (Wildman–Crippen LogP) is 1.58. The molecule has 0 radical (unpaired) electrons. The standard InChI is InChI=1S/C13H17ClN2O3/c14-11-9(3-4-10(17)12(11)18)13(19)15-5-8-16-6-1-2-7-16/h3-4,17-18H,1-2,5-8H2,(H,15,19). The van der Waals surface area contributed by atoms with Crippen molar-refractivity contribution >= 4 is 17.5 Å². The van der Waals surface area contributed by atoms with Crippen molar-refractivity contribution in [1.82, 2.24) is 10.2 Å². The first kappa shape index (κ1) is 14.0. The van der Waals surface area contributed by atoms with Gasteiger partial charge in [-0.2, -0.15) is 0 Å². The fraction of sp³-hybridized carbons (Fsp3) is 0.462. The van der Waals surface area contributed by atoms with E-state index in [1.807, 2.05) is 0 Å². The zero-order valence-electron chi connectivity index (χ0n) is 10.5. The van der Waals surface area contributed by atoms with Crippen LogP contribution >= 0.6 is 11.6 Å². The molecule has 0 bridgehead atoms. The fourth-order valence-corrected chi connectivity index (χ4v) is 2.40. The van der Waals surface area contributed by atoms with Gasteiger partial charge >= 0.3 is 0 Å².